The van der Waals surface area contributed by atoms with Crippen LogP contribution in [0, 0.1) is 0 Å². The molecule has 0 bridgehead atoms. The van der Waals surface area contributed by atoms with E-state index in [0.29, 0.717) is 11.3 Å². The molecule has 1 aliphatic rings. The highest BCUT2D eigenvalue weighted by Gasteiger charge is 2.57. The highest BCUT2D eigenvalue weighted by atomic mass is 28.4. The number of aliphatic carboxylic acids is 1. The van der Waals surface area contributed by atoms with Gasteiger partial charge in [0.25, 0.3) is 5.56 Å². The summed E-state index contributed by atoms with van der Waals surface area (Å²) in [5, 5.41) is 40.3. The fourth-order valence-electron chi connectivity index (χ4n) is 6.75. The Morgan fingerprint density at radius 2 is 1.41 bits per heavy atom. The second-order valence-electron chi connectivity index (χ2n) is 19.8. The molecule has 1 aliphatic heterocycles. The van der Waals surface area contributed by atoms with Crippen molar-refractivity contribution in [1.29, 1.82) is 0 Å². The number of benzene rings is 2. The molecule has 366 valence electrons. The summed E-state index contributed by atoms with van der Waals surface area (Å²) in [6, 6.07) is 14.2. The molecule has 1 aromatic heterocycles. The first-order valence-corrected chi connectivity index (χ1v) is 28.0. The molecule has 0 spiro atoms. The third-order valence-electron chi connectivity index (χ3n) is 12.8. The third-order valence-corrected chi connectivity index (χ3v) is 21.7. The van der Waals surface area contributed by atoms with Crippen molar-refractivity contribution >= 4 is 34.6 Å². The number of carbonyl (C=O) groups is 3. The second kappa shape index (κ2) is 22.4. The van der Waals surface area contributed by atoms with Crippen molar-refractivity contribution in [2.24, 2.45) is 0 Å². The van der Waals surface area contributed by atoms with Crippen LogP contribution in [-0.4, -0.2) is 122 Å². The Kier molecular flexibility index (Phi) is 18.3. The van der Waals surface area contributed by atoms with Crippen molar-refractivity contribution in [3.8, 4) is 5.75 Å². The first kappa shape index (κ1) is 53.9. The normalized spacial score (nSPS) is 19.9. The van der Waals surface area contributed by atoms with Crippen LogP contribution < -0.4 is 31.9 Å². The predicted molar refractivity (Wildman–Crippen MR) is 253 cm³/mol. The molecule has 0 radical (unpaired) electrons. The number of aliphatic hydroxyl groups is 2. The Morgan fingerprint density at radius 3 is 1.95 bits per heavy atom. The molecular formula is C46H71N5O13Si2. The van der Waals surface area contributed by atoms with Crippen molar-refractivity contribution in [3.05, 3.63) is 98.8 Å². The van der Waals surface area contributed by atoms with Crippen molar-refractivity contribution in [2.75, 3.05) is 20.2 Å². The van der Waals surface area contributed by atoms with Gasteiger partial charge in [0.1, 0.15) is 48.9 Å². The summed E-state index contributed by atoms with van der Waals surface area (Å²) in [4.78, 5) is 66.3. The average Bonchev–Trinajstić information content (AvgIpc) is 3.56. The SMILES string of the molecule is COc1ccc(Cn2c(=O)ccn([C@@H]3OC(C(O)[C@H](NCCCNC(=O)[C@@H](NC(=O)OCc4ccccc4)[C@H](C)O)C(=O)O)C(O[Si](C)(C)C(C)(C)C)[C@H]3O[Si](C)(C)C(C)(C)C)c2=O)cc1. The molecule has 6 N–H and O–H groups in total. The minimum atomic E-state index is -2.77. The van der Waals surface area contributed by atoms with Crippen LogP contribution in [0.15, 0.2) is 76.4 Å². The molecule has 1 fully saturated rings. The van der Waals surface area contributed by atoms with E-state index in [1.807, 2.05) is 53.0 Å². The number of alkyl carbamates (subject to hydrolysis) is 1. The lowest BCUT2D eigenvalue weighted by molar-refractivity contribution is -0.149. The second-order valence-corrected chi connectivity index (χ2v) is 29.3. The number of methoxy groups -OCH3 is 1. The number of carboxylic acids is 1. The van der Waals surface area contributed by atoms with Crippen LogP contribution in [0.2, 0.25) is 36.3 Å². The predicted octanol–water partition coefficient (Wildman–Crippen LogP) is 4.33. The number of nitrogens with one attached hydrogen (secondary N) is 3. The highest BCUT2D eigenvalue weighted by Crippen LogP contribution is 2.46. The summed E-state index contributed by atoms with van der Waals surface area (Å²) in [6.07, 6.45) is -7.19. The van der Waals surface area contributed by atoms with Crippen LogP contribution in [0.4, 0.5) is 4.79 Å². The first-order chi connectivity index (χ1) is 30.7. The third kappa shape index (κ3) is 13.7. The zero-order valence-electron chi connectivity index (χ0n) is 40.3. The Hall–Kier alpha value is -4.68. The summed E-state index contributed by atoms with van der Waals surface area (Å²) in [5.74, 6) is -1.48. The number of amides is 2. The summed E-state index contributed by atoms with van der Waals surface area (Å²) >= 11 is 0. The van der Waals surface area contributed by atoms with Gasteiger partial charge >= 0.3 is 17.8 Å². The minimum Gasteiger partial charge on any atom is -0.497 e. The molecule has 0 aliphatic carbocycles. The van der Waals surface area contributed by atoms with Crippen LogP contribution in [-0.2, 0) is 41.1 Å². The molecule has 3 aromatic rings. The minimum absolute atomic E-state index is 0.00885. The van der Waals surface area contributed by atoms with Gasteiger partial charge < -0.3 is 54.3 Å². The van der Waals surface area contributed by atoms with E-state index in [-0.39, 0.29) is 42.7 Å². The Bertz CT molecular complexity index is 2200. The Morgan fingerprint density at radius 1 is 0.818 bits per heavy atom. The quantitative estimate of drug-likeness (QED) is 0.0644. The molecule has 1 saturated heterocycles. The van der Waals surface area contributed by atoms with E-state index in [1.54, 1.807) is 48.5 Å². The topological polar surface area (TPSA) is 238 Å². The molecule has 20 heteroatoms. The number of hydrogen-bond acceptors (Lipinski definition) is 13. The van der Waals surface area contributed by atoms with Gasteiger partial charge in [-0.05, 0) is 79.4 Å². The fourth-order valence-corrected chi connectivity index (χ4v) is 9.34. The van der Waals surface area contributed by atoms with Gasteiger partial charge in [-0.3, -0.25) is 23.5 Å². The van der Waals surface area contributed by atoms with E-state index >= 15 is 0 Å². The molecule has 8 atom stereocenters. The number of nitrogens with zero attached hydrogens (tertiary/aromatic N) is 2. The maximum atomic E-state index is 14.5. The van der Waals surface area contributed by atoms with Gasteiger partial charge in [0.15, 0.2) is 22.9 Å². The van der Waals surface area contributed by atoms with Gasteiger partial charge in [-0.2, -0.15) is 0 Å². The lowest BCUT2D eigenvalue weighted by Gasteiger charge is -2.44. The van der Waals surface area contributed by atoms with Crippen molar-refractivity contribution in [1.82, 2.24) is 25.1 Å². The molecule has 2 aromatic carbocycles. The fraction of sp³-hybridized carbons (Fsp3) is 0.587. The van der Waals surface area contributed by atoms with Gasteiger partial charge in [0, 0.05) is 18.8 Å². The van der Waals surface area contributed by atoms with E-state index in [4.69, 9.17) is 23.1 Å². The maximum Gasteiger partial charge on any atom is 0.408 e. The zero-order valence-corrected chi connectivity index (χ0v) is 42.3. The number of rotatable bonds is 21. The van der Waals surface area contributed by atoms with E-state index in [9.17, 15) is 39.3 Å². The number of aliphatic hydroxyl groups excluding tert-OH is 2. The van der Waals surface area contributed by atoms with Gasteiger partial charge in [-0.25, -0.2) is 9.59 Å². The standard InChI is InChI=1S/C46H71N5O13Si2/c1-29(52)34(49-43(58)61-28-31-17-14-13-15-18-31)40(55)48-25-16-24-47-35(42(56)57)36(54)37-38(63-65(9,10)45(2,3)4)39(64-66(11,12)46(5,6)7)41(62-37)50-26-23-33(53)51(44(50)59)27-30-19-21-32(60-8)22-20-30/h13-15,17-23,26,29,34-39,41,47,52,54H,16,24-25,27-28H2,1-12H3,(H,48,55)(H,49,58)(H,56,57)/t29-,34-,35-,36?,37?,38?,39+,41+/m0/s1. The van der Waals surface area contributed by atoms with Crippen molar-refractivity contribution in [3.63, 3.8) is 0 Å². The van der Waals surface area contributed by atoms with Crippen molar-refractivity contribution < 1.29 is 52.8 Å². The molecule has 18 nitrogen and oxygen atoms in total. The van der Waals surface area contributed by atoms with Gasteiger partial charge in [0.2, 0.25) is 5.91 Å². The van der Waals surface area contributed by atoms with Crippen LogP contribution in [0.25, 0.3) is 0 Å². The molecule has 2 amide bonds. The van der Waals surface area contributed by atoms with E-state index in [1.165, 1.54) is 30.9 Å². The number of carbonyl (C=O) groups excluding carboxylic acids is 2. The maximum absolute atomic E-state index is 14.5. The Labute approximate surface area is 389 Å². The monoisotopic (exact) mass is 957 g/mol. The van der Waals surface area contributed by atoms with Crippen LogP contribution in [0.1, 0.15) is 72.2 Å². The molecule has 66 heavy (non-hydrogen) atoms. The number of aromatic nitrogens is 2. The average molecular weight is 958 g/mol. The largest absolute Gasteiger partial charge is 0.497 e. The highest BCUT2D eigenvalue weighted by molar-refractivity contribution is 6.74. The lowest BCUT2D eigenvalue weighted by Crippen LogP contribution is -2.59. The smallest absolute Gasteiger partial charge is 0.408 e. The molecule has 4 rings (SSSR count). The van der Waals surface area contributed by atoms with E-state index in [2.05, 4.69) is 36.7 Å². The molecule has 2 heterocycles. The number of ether oxygens (including phenoxy) is 3. The summed E-state index contributed by atoms with van der Waals surface area (Å²) in [6.45, 7) is 21.6. The molecular weight excluding hydrogens is 887 g/mol. The van der Waals surface area contributed by atoms with Gasteiger partial charge in [0.05, 0.1) is 19.8 Å². The summed E-state index contributed by atoms with van der Waals surface area (Å²) < 4.78 is 33.6. The van der Waals surface area contributed by atoms with Crippen LogP contribution in [0.5, 0.6) is 5.75 Å². The van der Waals surface area contributed by atoms with Crippen LogP contribution in [0.3, 0.4) is 0 Å². The lowest BCUT2D eigenvalue weighted by atomic mass is 9.99. The van der Waals surface area contributed by atoms with E-state index in [0.717, 1.165) is 10.1 Å². The first-order valence-electron chi connectivity index (χ1n) is 22.2. The van der Waals surface area contributed by atoms with Crippen molar-refractivity contribution in [2.45, 2.75) is 153 Å². The summed E-state index contributed by atoms with van der Waals surface area (Å²) in [7, 11) is -3.98. The van der Waals surface area contributed by atoms with Gasteiger partial charge in [-0.1, -0.05) is 84.0 Å². The summed E-state index contributed by atoms with van der Waals surface area (Å²) in [5.41, 5.74) is 0.138. The molecule has 3 unspecified atom stereocenters. The number of carboxylic acid groups (broad SMARTS) is 1. The van der Waals surface area contributed by atoms with Crippen LogP contribution >= 0.6 is 0 Å². The van der Waals surface area contributed by atoms with E-state index < -0.39 is 94.7 Å². The van der Waals surface area contributed by atoms with Gasteiger partial charge in [-0.15, -0.1) is 0 Å². The zero-order chi connectivity index (χ0) is 49.4. The molecule has 0 saturated carbocycles. The Balaban J connectivity index is 1.61. The number of hydrogen-bond donors (Lipinski definition) is 6.